The van der Waals surface area contributed by atoms with Crippen LogP contribution in [0.25, 0.3) is 0 Å². The molecule has 0 aromatic heterocycles. The molecule has 0 radical (unpaired) electrons. The van der Waals surface area contributed by atoms with Gasteiger partial charge in [0.2, 0.25) is 0 Å². The smallest absolute Gasteiger partial charge is 0.187 e. The zero-order valence-corrected chi connectivity index (χ0v) is 24.7. The predicted molar refractivity (Wildman–Crippen MR) is 149 cm³/mol. The summed E-state index contributed by atoms with van der Waals surface area (Å²) in [5.41, 5.74) is 30.4. The van der Waals surface area contributed by atoms with Crippen molar-refractivity contribution in [1.29, 1.82) is 0 Å². The summed E-state index contributed by atoms with van der Waals surface area (Å²) in [6, 6.07) is -3.93. The van der Waals surface area contributed by atoms with E-state index in [0.29, 0.717) is 6.42 Å². The summed E-state index contributed by atoms with van der Waals surface area (Å²) in [6.07, 6.45) is -16.2. The van der Waals surface area contributed by atoms with Crippen molar-refractivity contribution >= 4 is 0 Å². The molecule has 1 saturated carbocycles. The maximum Gasteiger partial charge on any atom is 0.187 e. The lowest BCUT2D eigenvalue weighted by molar-refractivity contribution is -0.306. The zero-order chi connectivity index (χ0) is 32.5. The molecule has 44 heavy (non-hydrogen) atoms. The normalized spacial score (nSPS) is 51.9. The second-order valence-electron chi connectivity index (χ2n) is 12.2. The summed E-state index contributed by atoms with van der Waals surface area (Å²) >= 11 is 0. The van der Waals surface area contributed by atoms with E-state index in [1.807, 2.05) is 6.92 Å². The molecule has 3 saturated heterocycles. The largest absolute Gasteiger partial charge is 0.394 e. The molecule has 0 aromatic rings. The minimum absolute atomic E-state index is 0.116. The van der Waals surface area contributed by atoms with Crippen LogP contribution >= 0.6 is 0 Å². The Balaban J connectivity index is 1.49. The Morgan fingerprint density at radius 3 is 1.75 bits per heavy atom. The van der Waals surface area contributed by atoms with Crippen molar-refractivity contribution < 1.29 is 64.2 Å². The fraction of sp³-hybridized carbons (Fsp3) is 1.00. The number of aliphatic hydroxyl groups is 7. The van der Waals surface area contributed by atoms with Gasteiger partial charge in [0.05, 0.1) is 43.6 Å². The van der Waals surface area contributed by atoms with Gasteiger partial charge in [-0.3, -0.25) is 0 Å². The van der Waals surface area contributed by atoms with Crippen LogP contribution in [0.15, 0.2) is 0 Å². The van der Waals surface area contributed by atoms with Gasteiger partial charge in [-0.2, -0.15) is 0 Å². The van der Waals surface area contributed by atoms with Crippen LogP contribution in [0, 0.1) is 5.92 Å². The molecule has 18 nitrogen and oxygen atoms in total. The van der Waals surface area contributed by atoms with Gasteiger partial charge in [-0.25, -0.2) is 0 Å². The first kappa shape index (κ1) is 36.1. The van der Waals surface area contributed by atoms with Crippen molar-refractivity contribution in [3.8, 4) is 0 Å². The van der Waals surface area contributed by atoms with Crippen molar-refractivity contribution in [3.05, 3.63) is 0 Å². The summed E-state index contributed by atoms with van der Waals surface area (Å²) in [5.74, 6) is -0.425. The maximum atomic E-state index is 11.2. The Labute approximate surface area is 255 Å². The Morgan fingerprint density at radius 1 is 0.614 bits per heavy atom. The average molecular weight is 642 g/mol. The third kappa shape index (κ3) is 7.23. The van der Waals surface area contributed by atoms with Crippen LogP contribution in [-0.2, 0) is 28.4 Å². The molecule has 0 amide bonds. The highest BCUT2D eigenvalue weighted by Gasteiger charge is 2.54. The fourth-order valence-electron chi connectivity index (χ4n) is 6.49. The molecule has 3 heterocycles. The topological polar surface area (TPSA) is 327 Å². The number of hydrogen-bond acceptors (Lipinski definition) is 18. The number of hydrogen-bond donors (Lipinski definition) is 12. The fourth-order valence-corrected chi connectivity index (χ4v) is 6.49. The number of ether oxygens (including phenoxy) is 6. The van der Waals surface area contributed by atoms with Crippen LogP contribution in [-0.4, -0.2) is 166 Å². The Bertz CT molecular complexity index is 897. The highest BCUT2D eigenvalue weighted by Crippen LogP contribution is 2.35. The lowest BCUT2D eigenvalue weighted by Crippen LogP contribution is -2.67. The van der Waals surface area contributed by atoms with Crippen LogP contribution in [0.2, 0.25) is 0 Å². The third-order valence-electron chi connectivity index (χ3n) is 9.13. The van der Waals surface area contributed by atoms with Gasteiger partial charge in [-0.15, -0.1) is 0 Å². The first-order chi connectivity index (χ1) is 20.9. The van der Waals surface area contributed by atoms with Crippen LogP contribution in [0.1, 0.15) is 26.2 Å². The van der Waals surface area contributed by atoms with Crippen molar-refractivity contribution in [2.45, 2.75) is 136 Å². The van der Waals surface area contributed by atoms with Gasteiger partial charge in [0.15, 0.2) is 18.9 Å². The molecule has 4 aliphatic rings. The monoisotopic (exact) mass is 641 g/mol. The standard InChI is InChI=1S/C26H51N5O13/c1-2-3-8-12(6-32)40-24(14(30)16(8)34)42-21-10(29)4-9(28)17(35)23(21)44-26-20(38)22(13(7-33)41-26)43-25-15(31)19(37)18(36)11(5-27)39-25/h8-26,32-38H,2-7,27-31H2,1H3/t8-,9-,10?,11+,12?,13-,14?,15?,16+,17?,18-,19?,20?,21-,22+,23-,24-,25-,26+/m1/s1. The average Bonchev–Trinajstić information content (AvgIpc) is 3.30. The molecule has 7 unspecified atom stereocenters. The van der Waals surface area contributed by atoms with E-state index in [1.165, 1.54) is 0 Å². The van der Waals surface area contributed by atoms with Crippen molar-refractivity contribution in [3.63, 3.8) is 0 Å². The molecule has 1 aliphatic carbocycles. The second-order valence-corrected chi connectivity index (χ2v) is 12.2. The minimum Gasteiger partial charge on any atom is -0.394 e. The highest BCUT2D eigenvalue weighted by molar-refractivity contribution is 5.02. The van der Waals surface area contributed by atoms with E-state index in [1.54, 1.807) is 0 Å². The van der Waals surface area contributed by atoms with E-state index < -0.39 is 123 Å². The molecular formula is C26H51N5O13. The van der Waals surface area contributed by atoms with Crippen LogP contribution in [0.5, 0.6) is 0 Å². The van der Waals surface area contributed by atoms with E-state index in [2.05, 4.69) is 0 Å². The number of nitrogens with two attached hydrogens (primary N) is 5. The van der Waals surface area contributed by atoms with E-state index >= 15 is 0 Å². The van der Waals surface area contributed by atoms with Crippen molar-refractivity contribution in [1.82, 2.24) is 0 Å². The molecule has 3 aliphatic heterocycles. The first-order valence-corrected chi connectivity index (χ1v) is 15.2. The first-order valence-electron chi connectivity index (χ1n) is 15.2. The Morgan fingerprint density at radius 2 is 1.16 bits per heavy atom. The summed E-state index contributed by atoms with van der Waals surface area (Å²) in [7, 11) is 0. The van der Waals surface area contributed by atoms with E-state index in [4.69, 9.17) is 57.1 Å². The van der Waals surface area contributed by atoms with Gasteiger partial charge >= 0.3 is 0 Å². The molecule has 4 rings (SSSR count). The van der Waals surface area contributed by atoms with Gasteiger partial charge < -0.3 is 92.8 Å². The van der Waals surface area contributed by atoms with Gasteiger partial charge in [0.25, 0.3) is 0 Å². The van der Waals surface area contributed by atoms with E-state index in [9.17, 15) is 35.7 Å². The van der Waals surface area contributed by atoms with Gasteiger partial charge in [0.1, 0.15) is 48.8 Å². The van der Waals surface area contributed by atoms with Crippen LogP contribution in [0.4, 0.5) is 0 Å². The second kappa shape index (κ2) is 15.5. The quantitative estimate of drug-likeness (QED) is 0.0996. The van der Waals surface area contributed by atoms with Crippen molar-refractivity contribution in [2.24, 2.45) is 34.6 Å². The minimum atomic E-state index is -1.59. The van der Waals surface area contributed by atoms with Gasteiger partial charge in [0, 0.05) is 24.5 Å². The van der Waals surface area contributed by atoms with Crippen molar-refractivity contribution in [2.75, 3.05) is 19.8 Å². The molecule has 0 aromatic carbocycles. The van der Waals surface area contributed by atoms with E-state index in [0.717, 1.165) is 6.42 Å². The Hall–Kier alpha value is -0.720. The summed E-state index contributed by atoms with van der Waals surface area (Å²) < 4.78 is 35.2. The lowest BCUT2D eigenvalue weighted by Gasteiger charge is -2.48. The molecule has 4 fully saturated rings. The van der Waals surface area contributed by atoms with Crippen LogP contribution < -0.4 is 28.7 Å². The molecule has 19 atom stereocenters. The summed E-state index contributed by atoms with van der Waals surface area (Å²) in [4.78, 5) is 0. The number of aliphatic hydroxyl groups excluding tert-OH is 7. The molecule has 0 bridgehead atoms. The molecule has 17 N–H and O–H groups in total. The highest BCUT2D eigenvalue weighted by atomic mass is 16.8. The SMILES string of the molecule is CCC[C@@H]1C(CO)O[C@H](O[C@@H]2C(N)C[C@@H](N)C(O)[C@H]2O[C@@H]2O[C@H](CO)[C@H](O[C@H]3O[C@@H](CN)[C@@H](O)C(O)C3N)C2O)C(N)[C@H]1O. The van der Waals surface area contributed by atoms with E-state index in [-0.39, 0.29) is 19.6 Å². The number of rotatable bonds is 11. The zero-order valence-electron chi connectivity index (χ0n) is 24.7. The maximum absolute atomic E-state index is 11.2. The lowest BCUT2D eigenvalue weighted by atomic mass is 9.83. The van der Waals surface area contributed by atoms with Gasteiger partial charge in [-0.05, 0) is 12.8 Å². The summed E-state index contributed by atoms with van der Waals surface area (Å²) in [5, 5.41) is 73.5. The predicted octanol–water partition coefficient (Wildman–Crippen LogP) is -6.81. The molecule has 18 heteroatoms. The van der Waals surface area contributed by atoms with Crippen LogP contribution in [0.3, 0.4) is 0 Å². The molecule has 258 valence electrons. The molecular weight excluding hydrogens is 590 g/mol. The molecule has 0 spiro atoms. The Kier molecular flexibility index (Phi) is 12.7. The summed E-state index contributed by atoms with van der Waals surface area (Å²) in [6.45, 7) is 0.752. The van der Waals surface area contributed by atoms with Gasteiger partial charge in [-0.1, -0.05) is 13.3 Å². The third-order valence-corrected chi connectivity index (χ3v) is 9.13.